The molecule has 1 nitrogen and oxygen atoms in total. The Morgan fingerprint density at radius 1 is 1.15 bits per heavy atom. The van der Waals surface area contributed by atoms with E-state index in [1.807, 2.05) is 51.2 Å². The predicted molar refractivity (Wildman–Crippen MR) is 82.8 cm³/mol. The number of hydrogen-bond acceptors (Lipinski definition) is 1. The topological polar surface area (TPSA) is 12.0 Å². The summed E-state index contributed by atoms with van der Waals surface area (Å²) in [6.07, 6.45) is 0.731. The first-order chi connectivity index (χ1) is 9.51. The first-order valence-electron chi connectivity index (χ1n) is 6.69. The largest absolute Gasteiger partial charge is 0.313 e. The number of aryl methyl sites for hydroxylation is 2. The number of likely N-dealkylation sites (N-methyl/N-ethyl adjacent to an activating group) is 1. The molecule has 0 saturated heterocycles. The molecular weight excluding hydrogens is 273 g/mol. The van der Waals surface area contributed by atoms with Crippen molar-refractivity contribution >= 4 is 11.6 Å². The van der Waals surface area contributed by atoms with Gasteiger partial charge in [0.05, 0.1) is 0 Å². The van der Waals surface area contributed by atoms with Crippen LogP contribution in [0.5, 0.6) is 0 Å². The van der Waals surface area contributed by atoms with E-state index < -0.39 is 0 Å². The van der Waals surface area contributed by atoms with Crippen molar-refractivity contribution in [2.24, 2.45) is 0 Å². The summed E-state index contributed by atoms with van der Waals surface area (Å²) in [6, 6.07) is 11.3. The normalized spacial score (nSPS) is 12.4. The number of benzene rings is 2. The highest BCUT2D eigenvalue weighted by Gasteiger charge is 2.17. The highest BCUT2D eigenvalue weighted by molar-refractivity contribution is 6.30. The van der Waals surface area contributed by atoms with Crippen LogP contribution in [0.1, 0.15) is 28.3 Å². The third-order valence-electron chi connectivity index (χ3n) is 3.53. The van der Waals surface area contributed by atoms with E-state index in [9.17, 15) is 4.39 Å². The van der Waals surface area contributed by atoms with Crippen molar-refractivity contribution in [1.29, 1.82) is 0 Å². The van der Waals surface area contributed by atoms with Crippen molar-refractivity contribution < 1.29 is 4.39 Å². The molecule has 0 aliphatic rings. The van der Waals surface area contributed by atoms with Gasteiger partial charge in [0.25, 0.3) is 0 Å². The van der Waals surface area contributed by atoms with Crippen molar-refractivity contribution in [2.75, 3.05) is 7.05 Å². The van der Waals surface area contributed by atoms with Crippen molar-refractivity contribution in [3.63, 3.8) is 0 Å². The second kappa shape index (κ2) is 6.38. The van der Waals surface area contributed by atoms with E-state index in [-0.39, 0.29) is 11.9 Å². The first-order valence-corrected chi connectivity index (χ1v) is 7.07. The Kier molecular flexibility index (Phi) is 4.79. The minimum Gasteiger partial charge on any atom is -0.313 e. The summed E-state index contributed by atoms with van der Waals surface area (Å²) in [4.78, 5) is 0. The molecule has 0 amide bonds. The molecular formula is C17H19ClFN. The highest BCUT2D eigenvalue weighted by Crippen LogP contribution is 2.26. The molecule has 1 unspecified atom stereocenters. The summed E-state index contributed by atoms with van der Waals surface area (Å²) in [7, 11) is 1.86. The SMILES string of the molecule is CNC(Cc1ccc(Cl)cc1)c1c(C)cc(C)cc1F. The zero-order chi connectivity index (χ0) is 14.7. The van der Waals surface area contributed by atoms with Crippen LogP contribution in [0.3, 0.4) is 0 Å². The van der Waals surface area contributed by atoms with E-state index in [1.165, 1.54) is 0 Å². The molecule has 0 aromatic heterocycles. The highest BCUT2D eigenvalue weighted by atomic mass is 35.5. The fourth-order valence-electron chi connectivity index (χ4n) is 2.57. The number of halogens is 2. The van der Waals surface area contributed by atoms with Gasteiger partial charge in [-0.15, -0.1) is 0 Å². The van der Waals surface area contributed by atoms with E-state index in [0.29, 0.717) is 5.02 Å². The molecule has 2 aromatic carbocycles. The summed E-state index contributed by atoms with van der Waals surface area (Å²) < 4.78 is 14.3. The fraction of sp³-hybridized carbons (Fsp3) is 0.294. The summed E-state index contributed by atoms with van der Waals surface area (Å²) in [6.45, 7) is 3.87. The molecule has 0 radical (unpaired) electrons. The Labute approximate surface area is 124 Å². The van der Waals surface area contributed by atoms with Crippen LogP contribution in [-0.4, -0.2) is 7.05 Å². The smallest absolute Gasteiger partial charge is 0.128 e. The van der Waals surface area contributed by atoms with Crippen LogP contribution in [0.25, 0.3) is 0 Å². The Hall–Kier alpha value is -1.38. The second-order valence-electron chi connectivity index (χ2n) is 5.15. The van der Waals surface area contributed by atoms with Crippen molar-refractivity contribution in [3.05, 3.63) is 69.5 Å². The molecule has 0 aliphatic carbocycles. The van der Waals surface area contributed by atoms with Crippen molar-refractivity contribution in [1.82, 2.24) is 5.32 Å². The lowest BCUT2D eigenvalue weighted by molar-refractivity contribution is 0.530. The fourth-order valence-corrected chi connectivity index (χ4v) is 2.70. The molecule has 0 saturated carbocycles. The van der Waals surface area contributed by atoms with Gasteiger partial charge in [-0.05, 0) is 62.2 Å². The van der Waals surface area contributed by atoms with Crippen molar-refractivity contribution in [2.45, 2.75) is 26.3 Å². The zero-order valence-electron chi connectivity index (χ0n) is 12.0. The summed E-state index contributed by atoms with van der Waals surface area (Å²) in [5.41, 5.74) is 3.81. The molecule has 106 valence electrons. The van der Waals surface area contributed by atoms with E-state index >= 15 is 0 Å². The third-order valence-corrected chi connectivity index (χ3v) is 3.78. The second-order valence-corrected chi connectivity index (χ2v) is 5.59. The minimum atomic E-state index is -0.143. The van der Waals surface area contributed by atoms with Crippen LogP contribution in [0.2, 0.25) is 5.02 Å². The van der Waals surface area contributed by atoms with Crippen LogP contribution in [0.15, 0.2) is 36.4 Å². The van der Waals surface area contributed by atoms with Crippen LogP contribution in [0.4, 0.5) is 4.39 Å². The van der Waals surface area contributed by atoms with Crippen LogP contribution < -0.4 is 5.32 Å². The number of nitrogens with one attached hydrogen (secondary N) is 1. The first kappa shape index (κ1) is 15.0. The molecule has 1 N–H and O–H groups in total. The third kappa shape index (κ3) is 3.38. The van der Waals surface area contributed by atoms with Gasteiger partial charge in [0, 0.05) is 16.6 Å². The van der Waals surface area contributed by atoms with Crippen LogP contribution >= 0.6 is 11.6 Å². The molecule has 0 fully saturated rings. The molecule has 20 heavy (non-hydrogen) atoms. The van der Waals surface area contributed by atoms with Gasteiger partial charge < -0.3 is 5.32 Å². The summed E-state index contributed by atoms with van der Waals surface area (Å²) in [5, 5.41) is 3.92. The standard InChI is InChI=1S/C17H19ClFN/c1-11-8-12(2)17(15(19)9-11)16(20-3)10-13-4-6-14(18)7-5-13/h4-9,16,20H,10H2,1-3H3. The van der Waals surface area contributed by atoms with Crippen LogP contribution in [-0.2, 0) is 6.42 Å². The number of hydrogen-bond donors (Lipinski definition) is 1. The molecule has 3 heteroatoms. The average Bonchev–Trinajstić information content (AvgIpc) is 2.38. The van der Waals surface area contributed by atoms with E-state index in [0.717, 1.165) is 28.7 Å². The van der Waals surface area contributed by atoms with E-state index in [2.05, 4.69) is 5.32 Å². The molecule has 0 aliphatic heterocycles. The van der Waals surface area contributed by atoms with E-state index in [4.69, 9.17) is 11.6 Å². The maximum atomic E-state index is 14.3. The number of rotatable bonds is 4. The van der Waals surface area contributed by atoms with Gasteiger partial charge in [-0.1, -0.05) is 29.8 Å². The minimum absolute atomic E-state index is 0.0447. The van der Waals surface area contributed by atoms with Crippen molar-refractivity contribution in [3.8, 4) is 0 Å². The summed E-state index contributed by atoms with van der Waals surface area (Å²) >= 11 is 5.89. The summed E-state index contributed by atoms with van der Waals surface area (Å²) in [5.74, 6) is -0.143. The van der Waals surface area contributed by atoms with Gasteiger partial charge in [-0.3, -0.25) is 0 Å². The lowest BCUT2D eigenvalue weighted by Crippen LogP contribution is -2.21. The Balaban J connectivity index is 2.31. The van der Waals surface area contributed by atoms with Gasteiger partial charge >= 0.3 is 0 Å². The molecule has 2 rings (SSSR count). The van der Waals surface area contributed by atoms with Gasteiger partial charge in [0.15, 0.2) is 0 Å². The maximum Gasteiger partial charge on any atom is 0.128 e. The Bertz CT molecular complexity index is 569. The van der Waals surface area contributed by atoms with Gasteiger partial charge in [0.2, 0.25) is 0 Å². The Morgan fingerprint density at radius 2 is 1.80 bits per heavy atom. The molecule has 0 spiro atoms. The molecule has 2 aromatic rings. The predicted octanol–water partition coefficient (Wildman–Crippen LogP) is 4.60. The molecule has 0 bridgehead atoms. The quantitative estimate of drug-likeness (QED) is 0.868. The zero-order valence-corrected chi connectivity index (χ0v) is 12.8. The van der Waals surface area contributed by atoms with Gasteiger partial charge in [0.1, 0.15) is 5.82 Å². The van der Waals surface area contributed by atoms with Gasteiger partial charge in [-0.25, -0.2) is 4.39 Å². The van der Waals surface area contributed by atoms with Gasteiger partial charge in [-0.2, -0.15) is 0 Å². The Morgan fingerprint density at radius 3 is 2.35 bits per heavy atom. The van der Waals surface area contributed by atoms with E-state index in [1.54, 1.807) is 6.07 Å². The lowest BCUT2D eigenvalue weighted by atomic mass is 9.94. The monoisotopic (exact) mass is 291 g/mol. The molecule has 0 heterocycles. The molecule has 1 atom stereocenters. The lowest BCUT2D eigenvalue weighted by Gasteiger charge is -2.20. The van der Waals surface area contributed by atoms with Crippen LogP contribution in [0, 0.1) is 19.7 Å². The average molecular weight is 292 g/mol. The maximum absolute atomic E-state index is 14.3.